The number of aliphatic hydroxyl groups is 1. The van der Waals surface area contributed by atoms with Crippen LogP contribution in [0.25, 0.3) is 0 Å². The number of hydrogen-bond donors (Lipinski definition) is 1. The van der Waals surface area contributed by atoms with Crippen LogP contribution in [0.1, 0.15) is 26.7 Å². The van der Waals surface area contributed by atoms with Gasteiger partial charge in [-0.05, 0) is 45.4 Å². The Bertz CT molecular complexity index is 634. The summed E-state index contributed by atoms with van der Waals surface area (Å²) < 4.78 is 5.52. The standard InChI is InChI=1S/C20H31N3O3/c1-20(2)15-22(19(25)14-21-10-6-7-16(24)13-21)11-12-23(20)17-8-4-5-9-18(17)26-3/h4-5,8-9,16,24H,6-7,10-15H2,1-3H3/t16-/m1/s1. The summed E-state index contributed by atoms with van der Waals surface area (Å²) >= 11 is 0. The Kier molecular flexibility index (Phi) is 5.73. The topological polar surface area (TPSA) is 56.2 Å². The van der Waals surface area contributed by atoms with E-state index in [1.807, 2.05) is 23.1 Å². The van der Waals surface area contributed by atoms with Gasteiger partial charge in [-0.15, -0.1) is 0 Å². The molecular weight excluding hydrogens is 330 g/mol. The lowest BCUT2D eigenvalue weighted by atomic mass is 9.97. The van der Waals surface area contributed by atoms with Crippen LogP contribution in [-0.4, -0.2) is 78.8 Å². The molecule has 144 valence electrons. The highest BCUT2D eigenvalue weighted by molar-refractivity contribution is 5.79. The summed E-state index contributed by atoms with van der Waals surface area (Å²) in [6, 6.07) is 8.05. The number of likely N-dealkylation sites (tertiary alicyclic amines) is 1. The molecule has 0 saturated carbocycles. The number of benzene rings is 1. The van der Waals surface area contributed by atoms with E-state index < -0.39 is 0 Å². The molecule has 6 heteroatoms. The lowest BCUT2D eigenvalue weighted by Gasteiger charge is -2.49. The first-order chi connectivity index (χ1) is 12.4. The number of rotatable bonds is 4. The van der Waals surface area contributed by atoms with Crippen molar-refractivity contribution in [1.82, 2.24) is 9.80 Å². The third-order valence-corrected chi connectivity index (χ3v) is 5.47. The van der Waals surface area contributed by atoms with Gasteiger partial charge in [-0.1, -0.05) is 12.1 Å². The smallest absolute Gasteiger partial charge is 0.236 e. The normalized spacial score (nSPS) is 23.8. The summed E-state index contributed by atoms with van der Waals surface area (Å²) in [7, 11) is 1.69. The lowest BCUT2D eigenvalue weighted by molar-refractivity contribution is -0.134. The number of carbonyl (C=O) groups excluding carboxylic acids is 1. The van der Waals surface area contributed by atoms with Crippen molar-refractivity contribution >= 4 is 11.6 Å². The van der Waals surface area contributed by atoms with Gasteiger partial charge in [-0.2, -0.15) is 0 Å². The number of nitrogens with zero attached hydrogens (tertiary/aromatic N) is 3. The number of para-hydroxylation sites is 2. The first-order valence-electron chi connectivity index (χ1n) is 9.49. The van der Waals surface area contributed by atoms with E-state index in [2.05, 4.69) is 29.7 Å². The van der Waals surface area contributed by atoms with Crippen molar-refractivity contribution < 1.29 is 14.6 Å². The van der Waals surface area contributed by atoms with Crippen LogP contribution in [0.15, 0.2) is 24.3 Å². The van der Waals surface area contributed by atoms with Crippen LogP contribution in [0.4, 0.5) is 5.69 Å². The summed E-state index contributed by atoms with van der Waals surface area (Å²) in [5.41, 5.74) is 0.899. The Hall–Kier alpha value is -1.79. The van der Waals surface area contributed by atoms with Gasteiger partial charge in [-0.25, -0.2) is 0 Å². The molecule has 1 aromatic carbocycles. The van der Waals surface area contributed by atoms with E-state index in [1.165, 1.54) is 0 Å². The molecule has 1 aromatic rings. The predicted molar refractivity (Wildman–Crippen MR) is 103 cm³/mol. The largest absolute Gasteiger partial charge is 0.495 e. The molecule has 1 atom stereocenters. The second-order valence-electron chi connectivity index (χ2n) is 7.98. The number of ether oxygens (including phenoxy) is 1. The molecule has 2 saturated heterocycles. The molecule has 1 amide bonds. The van der Waals surface area contributed by atoms with Crippen LogP contribution in [0, 0.1) is 0 Å². The molecule has 0 aromatic heterocycles. The molecule has 0 radical (unpaired) electrons. The lowest BCUT2D eigenvalue weighted by Crippen LogP contribution is -2.62. The Morgan fingerprint density at radius 2 is 2.04 bits per heavy atom. The average molecular weight is 361 g/mol. The summed E-state index contributed by atoms with van der Waals surface area (Å²) in [5.74, 6) is 1.02. The number of hydrogen-bond acceptors (Lipinski definition) is 5. The van der Waals surface area contributed by atoms with Gasteiger partial charge in [0, 0.05) is 26.2 Å². The van der Waals surface area contributed by atoms with E-state index in [0.717, 1.165) is 37.4 Å². The van der Waals surface area contributed by atoms with E-state index in [-0.39, 0.29) is 17.6 Å². The summed E-state index contributed by atoms with van der Waals surface area (Å²) in [4.78, 5) is 19.2. The third-order valence-electron chi connectivity index (χ3n) is 5.47. The van der Waals surface area contributed by atoms with Crippen molar-refractivity contribution in [2.45, 2.75) is 38.3 Å². The van der Waals surface area contributed by atoms with E-state index in [4.69, 9.17) is 4.74 Å². The highest BCUT2D eigenvalue weighted by atomic mass is 16.5. The maximum absolute atomic E-state index is 12.8. The minimum absolute atomic E-state index is 0.159. The van der Waals surface area contributed by atoms with E-state index in [1.54, 1.807) is 7.11 Å². The summed E-state index contributed by atoms with van der Waals surface area (Å²) in [6.45, 7) is 8.41. The maximum atomic E-state index is 12.8. The number of anilines is 1. The van der Waals surface area contributed by atoms with Crippen LogP contribution in [0.2, 0.25) is 0 Å². The van der Waals surface area contributed by atoms with Crippen LogP contribution in [0.5, 0.6) is 5.75 Å². The first kappa shape index (κ1) is 19.0. The fraction of sp³-hybridized carbons (Fsp3) is 0.650. The zero-order valence-electron chi connectivity index (χ0n) is 16.1. The van der Waals surface area contributed by atoms with Crippen LogP contribution >= 0.6 is 0 Å². The van der Waals surface area contributed by atoms with Gasteiger partial charge in [0.25, 0.3) is 0 Å². The molecular formula is C20H31N3O3. The van der Waals surface area contributed by atoms with Crippen molar-refractivity contribution in [3.05, 3.63) is 24.3 Å². The number of methoxy groups -OCH3 is 1. The molecule has 1 N–H and O–H groups in total. The molecule has 0 bridgehead atoms. The first-order valence-corrected chi connectivity index (χ1v) is 9.49. The number of carbonyl (C=O) groups is 1. The number of aliphatic hydroxyl groups excluding tert-OH is 1. The molecule has 2 aliphatic heterocycles. The number of amides is 1. The van der Waals surface area contributed by atoms with E-state index in [9.17, 15) is 9.90 Å². The van der Waals surface area contributed by atoms with E-state index in [0.29, 0.717) is 26.2 Å². The number of β-amino-alcohol motifs (C(OH)–C–C–N with tert-alkyl or cyclic N) is 1. The third kappa shape index (κ3) is 4.13. The average Bonchev–Trinajstić information content (AvgIpc) is 2.61. The van der Waals surface area contributed by atoms with Gasteiger partial charge >= 0.3 is 0 Å². The molecule has 3 rings (SSSR count). The second-order valence-corrected chi connectivity index (χ2v) is 7.98. The molecule has 2 fully saturated rings. The number of piperazine rings is 1. The highest BCUT2D eigenvalue weighted by Gasteiger charge is 2.37. The summed E-state index contributed by atoms with van der Waals surface area (Å²) in [5, 5.41) is 9.81. The molecule has 26 heavy (non-hydrogen) atoms. The Balaban J connectivity index is 1.65. The SMILES string of the molecule is COc1ccccc1N1CCN(C(=O)CN2CCC[C@@H](O)C2)CC1(C)C. The quantitative estimate of drug-likeness (QED) is 0.882. The Morgan fingerprint density at radius 1 is 1.27 bits per heavy atom. The molecule has 6 nitrogen and oxygen atoms in total. The minimum atomic E-state index is -0.296. The van der Waals surface area contributed by atoms with Gasteiger partial charge in [0.2, 0.25) is 5.91 Å². The molecule has 2 heterocycles. The van der Waals surface area contributed by atoms with Gasteiger partial charge in [-0.3, -0.25) is 9.69 Å². The van der Waals surface area contributed by atoms with Gasteiger partial charge in [0.1, 0.15) is 5.75 Å². The second kappa shape index (κ2) is 7.84. The zero-order chi connectivity index (χ0) is 18.7. The maximum Gasteiger partial charge on any atom is 0.236 e. The predicted octanol–water partition coefficient (Wildman–Crippen LogP) is 1.58. The van der Waals surface area contributed by atoms with Crippen LogP contribution in [0.3, 0.4) is 0 Å². The Morgan fingerprint density at radius 3 is 2.73 bits per heavy atom. The van der Waals surface area contributed by atoms with Crippen molar-refractivity contribution in [2.75, 3.05) is 51.3 Å². The highest BCUT2D eigenvalue weighted by Crippen LogP contribution is 2.34. The minimum Gasteiger partial charge on any atom is -0.495 e. The van der Waals surface area contributed by atoms with Crippen molar-refractivity contribution in [3.8, 4) is 5.75 Å². The molecule has 2 aliphatic rings. The molecule has 0 unspecified atom stereocenters. The molecule has 0 aliphatic carbocycles. The van der Waals surface area contributed by atoms with Crippen molar-refractivity contribution in [1.29, 1.82) is 0 Å². The van der Waals surface area contributed by atoms with Crippen LogP contribution < -0.4 is 9.64 Å². The van der Waals surface area contributed by atoms with Crippen molar-refractivity contribution in [3.63, 3.8) is 0 Å². The monoisotopic (exact) mass is 361 g/mol. The Labute approximate surface area is 156 Å². The zero-order valence-corrected chi connectivity index (χ0v) is 16.1. The fourth-order valence-electron chi connectivity index (χ4n) is 4.13. The van der Waals surface area contributed by atoms with Gasteiger partial charge in [0.15, 0.2) is 0 Å². The summed E-state index contributed by atoms with van der Waals surface area (Å²) in [6.07, 6.45) is 1.51. The van der Waals surface area contributed by atoms with E-state index >= 15 is 0 Å². The molecule has 0 spiro atoms. The van der Waals surface area contributed by atoms with Crippen LogP contribution in [-0.2, 0) is 4.79 Å². The van der Waals surface area contributed by atoms with Crippen molar-refractivity contribution in [2.24, 2.45) is 0 Å². The van der Waals surface area contributed by atoms with Gasteiger partial charge in [0.05, 0.1) is 31.0 Å². The van der Waals surface area contributed by atoms with Gasteiger partial charge < -0.3 is 19.6 Å². The fourth-order valence-corrected chi connectivity index (χ4v) is 4.13. The number of piperidine rings is 1.